The molecule has 4 rings (SSSR count). The molecule has 0 bridgehead atoms. The van der Waals surface area contributed by atoms with Gasteiger partial charge < -0.3 is 24.7 Å². The maximum absolute atomic E-state index is 12.3. The van der Waals surface area contributed by atoms with Crippen LogP contribution in [0.3, 0.4) is 0 Å². The summed E-state index contributed by atoms with van der Waals surface area (Å²) in [6.07, 6.45) is 0. The van der Waals surface area contributed by atoms with Gasteiger partial charge in [0.05, 0.1) is 13.0 Å². The maximum Gasteiger partial charge on any atom is 0.349 e. The first-order chi connectivity index (χ1) is 16.4. The molecule has 1 heterocycles. The Morgan fingerprint density at radius 1 is 1.09 bits per heavy atom. The highest BCUT2D eigenvalue weighted by Crippen LogP contribution is 2.43. The molecule has 0 saturated carbocycles. The molecular formula is C26H21ClN2O5. The fourth-order valence-electron chi connectivity index (χ4n) is 3.65. The average Bonchev–Trinajstić information content (AvgIpc) is 2.84. The predicted octanol–water partition coefficient (Wildman–Crippen LogP) is 4.86. The van der Waals surface area contributed by atoms with Gasteiger partial charge in [-0.1, -0.05) is 29.8 Å². The summed E-state index contributed by atoms with van der Waals surface area (Å²) in [5, 5.41) is 10.3. The molecule has 0 spiro atoms. The van der Waals surface area contributed by atoms with Gasteiger partial charge in [0.15, 0.2) is 6.61 Å². The number of halogens is 1. The van der Waals surface area contributed by atoms with E-state index in [1.54, 1.807) is 43.5 Å². The van der Waals surface area contributed by atoms with E-state index in [9.17, 15) is 10.1 Å². The Hall–Kier alpha value is -4.15. The number of hydrogen-bond donors (Lipinski definition) is 1. The average molecular weight is 477 g/mol. The van der Waals surface area contributed by atoms with E-state index >= 15 is 0 Å². The Bertz CT molecular complexity index is 1310. The molecule has 0 saturated heterocycles. The van der Waals surface area contributed by atoms with Crippen LogP contribution in [-0.2, 0) is 4.79 Å². The van der Waals surface area contributed by atoms with Crippen LogP contribution in [0, 0.1) is 18.3 Å². The van der Waals surface area contributed by atoms with Crippen molar-refractivity contribution in [2.24, 2.45) is 5.73 Å². The van der Waals surface area contributed by atoms with E-state index in [1.807, 2.05) is 31.2 Å². The van der Waals surface area contributed by atoms with Gasteiger partial charge in [0.1, 0.15) is 34.6 Å². The van der Waals surface area contributed by atoms with Crippen LogP contribution in [-0.4, -0.2) is 19.7 Å². The number of fused-ring (bicyclic) bond motifs is 1. The van der Waals surface area contributed by atoms with Gasteiger partial charge in [0, 0.05) is 16.7 Å². The fraction of sp³-hybridized carbons (Fsp3) is 0.154. The SMILES string of the molecule is COc1ccc([C@H]2C(C#N)=C(N)Oc3cc(OC(=O)COc4ccc(Cl)c(C)c4)ccc32)cc1. The molecule has 3 aromatic carbocycles. The Morgan fingerprint density at radius 3 is 2.47 bits per heavy atom. The molecule has 172 valence electrons. The number of aryl methyl sites for hydroxylation is 1. The summed E-state index contributed by atoms with van der Waals surface area (Å²) in [5.41, 5.74) is 8.76. The van der Waals surface area contributed by atoms with Gasteiger partial charge in [0.25, 0.3) is 0 Å². The predicted molar refractivity (Wildman–Crippen MR) is 126 cm³/mol. The summed E-state index contributed by atoms with van der Waals surface area (Å²) >= 11 is 6.01. The van der Waals surface area contributed by atoms with Crippen LogP contribution < -0.4 is 24.7 Å². The minimum atomic E-state index is -0.587. The van der Waals surface area contributed by atoms with Gasteiger partial charge in [-0.3, -0.25) is 0 Å². The molecule has 7 nitrogen and oxygen atoms in total. The zero-order valence-corrected chi connectivity index (χ0v) is 19.3. The number of esters is 1. The number of rotatable bonds is 6. The molecule has 0 amide bonds. The molecular weight excluding hydrogens is 456 g/mol. The fourth-order valence-corrected chi connectivity index (χ4v) is 3.77. The second-order valence-corrected chi connectivity index (χ2v) is 7.98. The molecule has 1 aliphatic rings. The minimum Gasteiger partial charge on any atom is -0.497 e. The summed E-state index contributed by atoms with van der Waals surface area (Å²) in [4.78, 5) is 12.3. The largest absolute Gasteiger partial charge is 0.497 e. The van der Waals surface area contributed by atoms with Crippen LogP contribution in [0.25, 0.3) is 0 Å². The first-order valence-corrected chi connectivity index (χ1v) is 10.7. The maximum atomic E-state index is 12.3. The summed E-state index contributed by atoms with van der Waals surface area (Å²) in [7, 11) is 1.59. The van der Waals surface area contributed by atoms with Gasteiger partial charge >= 0.3 is 5.97 Å². The highest BCUT2D eigenvalue weighted by atomic mass is 35.5. The molecule has 0 radical (unpaired) electrons. The lowest BCUT2D eigenvalue weighted by Crippen LogP contribution is -2.21. The first-order valence-electron chi connectivity index (χ1n) is 10.3. The van der Waals surface area contributed by atoms with E-state index in [4.69, 9.17) is 36.3 Å². The third kappa shape index (κ3) is 4.77. The van der Waals surface area contributed by atoms with Crippen LogP contribution in [0.5, 0.6) is 23.0 Å². The van der Waals surface area contributed by atoms with E-state index in [1.165, 1.54) is 0 Å². The molecule has 0 fully saturated rings. The molecule has 0 unspecified atom stereocenters. The Balaban J connectivity index is 1.53. The van der Waals surface area contributed by atoms with Crippen LogP contribution in [0.2, 0.25) is 5.02 Å². The number of nitrogens with zero attached hydrogens (tertiary/aromatic N) is 1. The van der Waals surface area contributed by atoms with Crippen molar-refractivity contribution in [3.05, 3.63) is 93.8 Å². The monoisotopic (exact) mass is 476 g/mol. The number of allylic oxidation sites excluding steroid dienone is 1. The second kappa shape index (κ2) is 9.77. The topological polar surface area (TPSA) is 104 Å². The second-order valence-electron chi connectivity index (χ2n) is 7.57. The highest BCUT2D eigenvalue weighted by Gasteiger charge is 2.31. The van der Waals surface area contributed by atoms with Crippen molar-refractivity contribution in [3.63, 3.8) is 0 Å². The van der Waals surface area contributed by atoms with Gasteiger partial charge in [-0.15, -0.1) is 0 Å². The molecule has 8 heteroatoms. The first kappa shape index (κ1) is 23.0. The number of carbonyl (C=O) groups excluding carboxylic acids is 1. The lowest BCUT2D eigenvalue weighted by Gasteiger charge is -2.26. The van der Waals surface area contributed by atoms with Crippen molar-refractivity contribution in [1.29, 1.82) is 5.26 Å². The lowest BCUT2D eigenvalue weighted by atomic mass is 9.83. The van der Waals surface area contributed by atoms with Crippen LogP contribution in [0.15, 0.2) is 72.1 Å². The van der Waals surface area contributed by atoms with E-state index in [0.717, 1.165) is 16.7 Å². The van der Waals surface area contributed by atoms with Crippen molar-refractivity contribution in [2.75, 3.05) is 13.7 Å². The Kier molecular flexibility index (Phi) is 6.62. The number of benzene rings is 3. The quantitative estimate of drug-likeness (QED) is 0.400. The summed E-state index contributed by atoms with van der Waals surface area (Å²) in [6.45, 7) is 1.56. The van der Waals surface area contributed by atoms with Gasteiger partial charge in [-0.2, -0.15) is 5.26 Å². The number of carbonyl (C=O) groups is 1. The van der Waals surface area contributed by atoms with E-state index < -0.39 is 11.9 Å². The molecule has 1 aliphatic heterocycles. The third-order valence-corrected chi connectivity index (χ3v) is 5.78. The number of nitrogens with two attached hydrogens (primary N) is 1. The molecule has 0 aromatic heterocycles. The van der Waals surface area contributed by atoms with Crippen molar-refractivity contribution >= 4 is 17.6 Å². The normalized spacial score (nSPS) is 14.5. The number of nitriles is 1. The molecule has 1 atom stereocenters. The number of hydrogen-bond acceptors (Lipinski definition) is 7. The van der Waals surface area contributed by atoms with Crippen molar-refractivity contribution < 1.29 is 23.7 Å². The Morgan fingerprint density at radius 2 is 1.79 bits per heavy atom. The molecule has 0 aliphatic carbocycles. The summed E-state index contributed by atoms with van der Waals surface area (Å²) < 4.78 is 21.8. The summed E-state index contributed by atoms with van der Waals surface area (Å²) in [5.74, 6) is 0.859. The van der Waals surface area contributed by atoms with Crippen LogP contribution in [0.1, 0.15) is 22.6 Å². The third-order valence-electron chi connectivity index (χ3n) is 5.36. The van der Waals surface area contributed by atoms with Crippen LogP contribution >= 0.6 is 11.6 Å². The summed E-state index contributed by atoms with van der Waals surface area (Å²) in [6, 6.07) is 19.6. The van der Waals surface area contributed by atoms with Crippen molar-refractivity contribution in [3.8, 4) is 29.1 Å². The van der Waals surface area contributed by atoms with Crippen LogP contribution in [0.4, 0.5) is 0 Å². The standard InChI is InChI=1S/C26H21ClN2O5/c1-15-11-18(8-10-22(15)27)32-14-24(30)33-19-7-9-20-23(12-19)34-26(29)21(13-28)25(20)16-3-5-17(31-2)6-4-16/h3-12,25H,14,29H2,1-2H3/t25-/m1/s1. The Labute approximate surface area is 201 Å². The molecule has 3 aromatic rings. The van der Waals surface area contributed by atoms with E-state index in [-0.39, 0.29) is 18.2 Å². The van der Waals surface area contributed by atoms with Crippen molar-refractivity contribution in [1.82, 2.24) is 0 Å². The van der Waals surface area contributed by atoms with E-state index in [2.05, 4.69) is 6.07 Å². The van der Waals surface area contributed by atoms with Gasteiger partial charge in [-0.05, 0) is 54.4 Å². The lowest BCUT2D eigenvalue weighted by molar-refractivity contribution is -0.136. The number of methoxy groups -OCH3 is 1. The highest BCUT2D eigenvalue weighted by molar-refractivity contribution is 6.31. The zero-order valence-electron chi connectivity index (χ0n) is 18.5. The van der Waals surface area contributed by atoms with Gasteiger partial charge in [0.2, 0.25) is 5.88 Å². The number of ether oxygens (including phenoxy) is 4. The van der Waals surface area contributed by atoms with Gasteiger partial charge in [-0.25, -0.2) is 4.79 Å². The zero-order chi connectivity index (χ0) is 24.2. The minimum absolute atomic E-state index is 0.000682. The smallest absolute Gasteiger partial charge is 0.349 e. The van der Waals surface area contributed by atoms with E-state index in [0.29, 0.717) is 27.8 Å². The molecule has 2 N–H and O–H groups in total. The van der Waals surface area contributed by atoms with Crippen molar-refractivity contribution in [2.45, 2.75) is 12.8 Å². The molecule has 34 heavy (non-hydrogen) atoms.